The Kier molecular flexibility index (Phi) is 5.84. The number of rotatable bonds is 4. The fourth-order valence-electron chi connectivity index (χ4n) is 3.57. The highest BCUT2D eigenvalue weighted by atomic mass is 32.2. The van der Waals surface area contributed by atoms with Crippen molar-refractivity contribution in [2.45, 2.75) is 29.8 Å². The van der Waals surface area contributed by atoms with E-state index in [-0.39, 0.29) is 19.0 Å². The van der Waals surface area contributed by atoms with Gasteiger partial charge in [-0.1, -0.05) is 35.6 Å². The fourth-order valence-corrected chi connectivity index (χ4v) is 6.30. The minimum Gasteiger partial charge on any atom is -0.207 e. The Labute approximate surface area is 180 Å². The second kappa shape index (κ2) is 8.29. The van der Waals surface area contributed by atoms with Crippen LogP contribution in [0.1, 0.15) is 29.3 Å². The predicted molar refractivity (Wildman–Crippen MR) is 107 cm³/mol. The summed E-state index contributed by atoms with van der Waals surface area (Å²) in [5.74, 6) is -0.776. The largest absolute Gasteiger partial charge is 0.417 e. The first kappa shape index (κ1) is 21.8. The van der Waals surface area contributed by atoms with E-state index in [9.17, 15) is 26.0 Å². The van der Waals surface area contributed by atoms with Crippen molar-refractivity contribution in [3.8, 4) is 10.6 Å². The Morgan fingerprint density at radius 2 is 1.74 bits per heavy atom. The highest BCUT2D eigenvalue weighted by Crippen LogP contribution is 2.38. The molecule has 31 heavy (non-hydrogen) atoms. The van der Waals surface area contributed by atoms with Crippen LogP contribution in [0.25, 0.3) is 10.6 Å². The summed E-state index contributed by atoms with van der Waals surface area (Å²) in [5.41, 5.74) is -0.888. The van der Waals surface area contributed by atoms with Crippen LogP contribution in [0.5, 0.6) is 0 Å². The number of hydrogen-bond donors (Lipinski definition) is 0. The maximum absolute atomic E-state index is 14.0. The maximum atomic E-state index is 14.0. The van der Waals surface area contributed by atoms with Crippen LogP contribution in [0, 0.1) is 5.82 Å². The zero-order chi connectivity index (χ0) is 22.2. The monoisotopic (exact) mass is 471 g/mol. The van der Waals surface area contributed by atoms with E-state index >= 15 is 0 Å². The van der Waals surface area contributed by atoms with Crippen molar-refractivity contribution in [2.24, 2.45) is 0 Å². The van der Waals surface area contributed by atoms with Gasteiger partial charge >= 0.3 is 6.18 Å². The van der Waals surface area contributed by atoms with Crippen molar-refractivity contribution in [2.75, 3.05) is 13.1 Å². The molecule has 0 spiro atoms. The molecular formula is C20H17F4N3O2S2. The van der Waals surface area contributed by atoms with Gasteiger partial charge in [0.1, 0.15) is 10.8 Å². The molecule has 164 valence electrons. The maximum Gasteiger partial charge on any atom is 0.417 e. The Morgan fingerprint density at radius 1 is 1.03 bits per heavy atom. The summed E-state index contributed by atoms with van der Waals surface area (Å²) >= 11 is 1.16. The van der Waals surface area contributed by atoms with Gasteiger partial charge < -0.3 is 0 Å². The minimum absolute atomic E-state index is 0.0135. The molecule has 1 saturated heterocycles. The van der Waals surface area contributed by atoms with Gasteiger partial charge in [-0.05, 0) is 37.1 Å². The molecule has 0 amide bonds. The molecule has 2 heterocycles. The topological polar surface area (TPSA) is 63.2 Å². The Morgan fingerprint density at radius 3 is 2.48 bits per heavy atom. The van der Waals surface area contributed by atoms with E-state index in [4.69, 9.17) is 0 Å². The second-order valence-corrected chi connectivity index (χ2v) is 10.0. The lowest BCUT2D eigenvalue weighted by molar-refractivity contribution is -0.139. The summed E-state index contributed by atoms with van der Waals surface area (Å²) in [6.07, 6.45) is -3.71. The molecule has 1 aliphatic rings. The highest BCUT2D eigenvalue weighted by Gasteiger charge is 2.40. The zero-order valence-electron chi connectivity index (χ0n) is 16.0. The normalized spacial score (nSPS) is 18.3. The van der Waals surface area contributed by atoms with Crippen molar-refractivity contribution in [3.05, 3.63) is 64.9 Å². The highest BCUT2D eigenvalue weighted by molar-refractivity contribution is 7.89. The quantitative estimate of drug-likeness (QED) is 0.506. The number of alkyl halides is 3. The molecule has 1 unspecified atom stereocenters. The van der Waals surface area contributed by atoms with Gasteiger partial charge in [0, 0.05) is 24.6 Å². The average Bonchev–Trinajstić information content (AvgIpc) is 3.24. The minimum atomic E-state index is -4.78. The molecule has 0 bridgehead atoms. The molecule has 1 aliphatic heterocycles. The van der Waals surface area contributed by atoms with E-state index in [1.165, 1.54) is 12.1 Å². The smallest absolute Gasteiger partial charge is 0.207 e. The second-order valence-electron chi connectivity index (χ2n) is 7.12. The first-order valence-electron chi connectivity index (χ1n) is 9.42. The fraction of sp³-hybridized carbons (Fsp3) is 0.300. The van der Waals surface area contributed by atoms with E-state index in [1.54, 1.807) is 18.2 Å². The standard InChI is InChI=1S/C20H17F4N3O2S2/c21-16-9-3-1-7-14(16)19-26-25-18(30-19)13-6-5-11-27(12-13)31(28,29)17-10-4-2-8-15(17)20(22,23)24/h1-4,7-10,13H,5-6,11-12H2. The van der Waals surface area contributed by atoms with E-state index in [1.807, 2.05) is 0 Å². The number of hydrogen-bond acceptors (Lipinski definition) is 5. The third-order valence-electron chi connectivity index (χ3n) is 5.09. The van der Waals surface area contributed by atoms with E-state index < -0.39 is 32.5 Å². The van der Waals surface area contributed by atoms with Crippen molar-refractivity contribution in [3.63, 3.8) is 0 Å². The molecule has 1 fully saturated rings. The summed E-state index contributed by atoms with van der Waals surface area (Å²) < 4.78 is 81.2. The van der Waals surface area contributed by atoms with Crippen molar-refractivity contribution in [1.29, 1.82) is 0 Å². The number of piperidine rings is 1. The molecule has 0 saturated carbocycles. The van der Waals surface area contributed by atoms with E-state index in [0.717, 1.165) is 33.8 Å². The molecule has 2 aromatic carbocycles. The number of halogens is 4. The average molecular weight is 472 g/mol. The van der Waals surface area contributed by atoms with Crippen LogP contribution in [0.2, 0.25) is 0 Å². The molecule has 0 aliphatic carbocycles. The molecular weight excluding hydrogens is 454 g/mol. The Bertz CT molecular complexity index is 1190. The van der Waals surface area contributed by atoms with Gasteiger partial charge in [-0.25, -0.2) is 12.8 Å². The molecule has 11 heteroatoms. The summed E-state index contributed by atoms with van der Waals surface area (Å²) in [7, 11) is -4.36. The Hall–Kier alpha value is -2.37. The van der Waals surface area contributed by atoms with Crippen LogP contribution in [0.3, 0.4) is 0 Å². The lowest BCUT2D eigenvalue weighted by Gasteiger charge is -2.31. The van der Waals surface area contributed by atoms with Gasteiger partial charge in [0.05, 0.1) is 10.5 Å². The molecule has 4 rings (SSSR count). The van der Waals surface area contributed by atoms with E-state index in [0.29, 0.717) is 28.4 Å². The third kappa shape index (κ3) is 4.35. The van der Waals surface area contributed by atoms with Gasteiger partial charge in [0.25, 0.3) is 0 Å². The first-order chi connectivity index (χ1) is 14.7. The number of sulfonamides is 1. The SMILES string of the molecule is O=S(=O)(c1ccccc1C(F)(F)F)N1CCCC(c2nnc(-c3ccccc3F)s2)C1. The molecule has 1 atom stereocenters. The van der Waals surface area contributed by atoms with Crippen molar-refractivity contribution in [1.82, 2.24) is 14.5 Å². The van der Waals surface area contributed by atoms with Crippen LogP contribution in [0.4, 0.5) is 17.6 Å². The van der Waals surface area contributed by atoms with Crippen LogP contribution >= 0.6 is 11.3 Å². The predicted octanol–water partition coefficient (Wildman–Crippen LogP) is 4.93. The van der Waals surface area contributed by atoms with Gasteiger partial charge in [-0.2, -0.15) is 17.5 Å². The zero-order valence-corrected chi connectivity index (χ0v) is 17.6. The molecule has 5 nitrogen and oxygen atoms in total. The van der Waals surface area contributed by atoms with Crippen LogP contribution in [0.15, 0.2) is 53.4 Å². The van der Waals surface area contributed by atoms with Crippen molar-refractivity contribution >= 4 is 21.4 Å². The number of aromatic nitrogens is 2. The summed E-state index contributed by atoms with van der Waals surface area (Å²) in [5, 5.41) is 9.03. The lowest BCUT2D eigenvalue weighted by atomic mass is 10.0. The molecule has 3 aromatic rings. The first-order valence-corrected chi connectivity index (χ1v) is 11.7. The number of nitrogens with zero attached hydrogens (tertiary/aromatic N) is 3. The van der Waals surface area contributed by atoms with Crippen LogP contribution < -0.4 is 0 Å². The van der Waals surface area contributed by atoms with Crippen molar-refractivity contribution < 1.29 is 26.0 Å². The summed E-state index contributed by atoms with van der Waals surface area (Å²) in [6, 6.07) is 10.3. The van der Waals surface area contributed by atoms with Gasteiger partial charge in [-0.15, -0.1) is 10.2 Å². The molecule has 1 aromatic heterocycles. The Balaban J connectivity index is 1.61. The molecule has 0 N–H and O–H groups in total. The van der Waals surface area contributed by atoms with Crippen LogP contribution in [-0.2, 0) is 16.2 Å². The van der Waals surface area contributed by atoms with Crippen LogP contribution in [-0.4, -0.2) is 36.0 Å². The third-order valence-corrected chi connectivity index (χ3v) is 8.13. The lowest BCUT2D eigenvalue weighted by Crippen LogP contribution is -2.39. The van der Waals surface area contributed by atoms with Gasteiger partial charge in [0.15, 0.2) is 5.01 Å². The van der Waals surface area contributed by atoms with Gasteiger partial charge in [-0.3, -0.25) is 0 Å². The number of benzene rings is 2. The summed E-state index contributed by atoms with van der Waals surface area (Å²) in [4.78, 5) is -0.757. The van der Waals surface area contributed by atoms with E-state index in [2.05, 4.69) is 10.2 Å². The summed E-state index contributed by atoms with van der Waals surface area (Å²) in [6.45, 7) is 0.102. The molecule has 0 radical (unpaired) electrons. The van der Waals surface area contributed by atoms with Gasteiger partial charge in [0.2, 0.25) is 10.0 Å².